The Balaban J connectivity index is 2.10. The van der Waals surface area contributed by atoms with Crippen molar-refractivity contribution in [1.82, 2.24) is 4.90 Å². The zero-order valence-corrected chi connectivity index (χ0v) is 12.6. The van der Waals surface area contributed by atoms with E-state index in [1.165, 1.54) is 0 Å². The van der Waals surface area contributed by atoms with Gasteiger partial charge in [-0.1, -0.05) is 23.2 Å². The molecule has 1 heterocycles. The third-order valence-corrected chi connectivity index (χ3v) is 3.54. The zero-order chi connectivity index (χ0) is 14.9. The molecule has 2 rings (SSSR count). The highest BCUT2D eigenvalue weighted by molar-refractivity contribution is 6.42. The molecular weight excluding hydrogens is 301 g/mol. The van der Waals surface area contributed by atoms with Crippen LogP contribution in [0.2, 0.25) is 10.0 Å². The Morgan fingerprint density at radius 1 is 1.25 bits per heavy atom. The van der Waals surface area contributed by atoms with E-state index in [1.54, 1.807) is 23.1 Å². The molecule has 20 heavy (non-hydrogen) atoms. The van der Waals surface area contributed by atoms with E-state index < -0.39 is 5.66 Å². The molecule has 0 atom stereocenters. The lowest BCUT2D eigenvalue weighted by Gasteiger charge is -2.37. The van der Waals surface area contributed by atoms with Gasteiger partial charge in [-0.15, -0.1) is 0 Å². The van der Waals surface area contributed by atoms with E-state index in [2.05, 4.69) is 9.98 Å². The van der Waals surface area contributed by atoms with Crippen molar-refractivity contribution < 1.29 is 4.74 Å². The summed E-state index contributed by atoms with van der Waals surface area (Å²) >= 11 is 11.8. The largest absolute Gasteiger partial charge is 0.473 e. The first kappa shape index (κ1) is 14.7. The maximum Gasteiger partial charge on any atom is 0.220 e. The molecule has 0 bridgehead atoms. The highest BCUT2D eigenvalue weighted by atomic mass is 35.5. The minimum Gasteiger partial charge on any atom is -0.473 e. The molecule has 108 valence electrons. The third kappa shape index (κ3) is 3.08. The predicted octanol–water partition coefficient (Wildman–Crippen LogP) is 2.01. The molecule has 1 aromatic carbocycles. The fraction of sp³-hybridized carbons (Fsp3) is 0.333. The first-order valence-corrected chi connectivity index (χ1v) is 6.60. The molecule has 0 aliphatic carbocycles. The van der Waals surface area contributed by atoms with Crippen LogP contribution < -0.4 is 16.2 Å². The minimum atomic E-state index is -0.633. The molecule has 1 aliphatic heterocycles. The Morgan fingerprint density at radius 2 is 1.95 bits per heavy atom. The van der Waals surface area contributed by atoms with Crippen molar-refractivity contribution in [2.24, 2.45) is 21.5 Å². The van der Waals surface area contributed by atoms with Gasteiger partial charge >= 0.3 is 0 Å². The topological polar surface area (TPSA) is 89.2 Å². The minimum absolute atomic E-state index is 0.151. The van der Waals surface area contributed by atoms with E-state index in [0.29, 0.717) is 15.8 Å². The Bertz CT molecular complexity index is 585. The molecule has 0 amide bonds. The summed E-state index contributed by atoms with van der Waals surface area (Å²) in [4.78, 5) is 9.83. The molecule has 8 heteroatoms. The second-order valence-corrected chi connectivity index (χ2v) is 5.53. The molecule has 0 spiro atoms. The normalized spacial score (nSPS) is 17.5. The van der Waals surface area contributed by atoms with Gasteiger partial charge in [-0.05, 0) is 26.0 Å². The van der Waals surface area contributed by atoms with Gasteiger partial charge in [0.15, 0.2) is 6.73 Å². The van der Waals surface area contributed by atoms with Crippen LogP contribution in [0, 0.1) is 0 Å². The van der Waals surface area contributed by atoms with Crippen LogP contribution in [0.15, 0.2) is 28.2 Å². The number of hydrogen-bond acceptors (Lipinski definition) is 6. The molecule has 1 aromatic rings. The lowest BCUT2D eigenvalue weighted by atomic mass is 10.2. The SMILES string of the molecule is CC1(C)N=C(N)N=C(N)N1COc1ccc(Cl)c(Cl)c1. The molecule has 1 aliphatic rings. The van der Waals surface area contributed by atoms with E-state index in [1.807, 2.05) is 13.8 Å². The number of ether oxygens (including phenoxy) is 1. The van der Waals surface area contributed by atoms with E-state index in [9.17, 15) is 0 Å². The molecule has 6 nitrogen and oxygen atoms in total. The van der Waals surface area contributed by atoms with Gasteiger partial charge in [-0.25, -0.2) is 4.99 Å². The second kappa shape index (κ2) is 5.38. The first-order chi connectivity index (χ1) is 9.29. The van der Waals surface area contributed by atoms with E-state index in [4.69, 9.17) is 39.4 Å². The van der Waals surface area contributed by atoms with Gasteiger partial charge in [0, 0.05) is 6.07 Å². The number of guanidine groups is 2. The van der Waals surface area contributed by atoms with Crippen molar-refractivity contribution in [3.05, 3.63) is 28.2 Å². The van der Waals surface area contributed by atoms with Gasteiger partial charge in [0.2, 0.25) is 11.9 Å². The Morgan fingerprint density at radius 3 is 2.55 bits per heavy atom. The maximum atomic E-state index is 5.93. The van der Waals surface area contributed by atoms with E-state index in [0.717, 1.165) is 0 Å². The zero-order valence-electron chi connectivity index (χ0n) is 11.1. The smallest absolute Gasteiger partial charge is 0.220 e. The van der Waals surface area contributed by atoms with E-state index >= 15 is 0 Å². The second-order valence-electron chi connectivity index (χ2n) is 4.71. The number of nitrogens with zero attached hydrogens (tertiary/aromatic N) is 3. The van der Waals surface area contributed by atoms with Gasteiger partial charge in [0.05, 0.1) is 10.0 Å². The van der Waals surface area contributed by atoms with Gasteiger partial charge < -0.3 is 16.2 Å². The average Bonchev–Trinajstić information content (AvgIpc) is 2.31. The molecular formula is C12H15Cl2N5O. The van der Waals surface area contributed by atoms with Crippen molar-refractivity contribution in [2.45, 2.75) is 19.5 Å². The van der Waals surface area contributed by atoms with Gasteiger partial charge in [-0.3, -0.25) is 4.90 Å². The standard InChI is InChI=1S/C12H15Cl2N5O/c1-12(2)18-10(15)17-11(16)19(12)6-20-7-3-4-8(13)9(14)5-7/h3-5H,6H2,1-2H3,(H4,15,16,17,18). The van der Waals surface area contributed by atoms with Crippen LogP contribution in [0.5, 0.6) is 5.75 Å². The predicted molar refractivity (Wildman–Crippen MR) is 81.1 cm³/mol. The number of hydrogen-bond donors (Lipinski definition) is 2. The van der Waals surface area contributed by atoms with Crippen molar-refractivity contribution in [3.8, 4) is 5.75 Å². The molecule has 0 unspecified atom stereocenters. The van der Waals surface area contributed by atoms with Gasteiger partial charge in [0.25, 0.3) is 0 Å². The lowest BCUT2D eigenvalue weighted by molar-refractivity contribution is 0.107. The molecule has 0 saturated heterocycles. The number of nitrogens with two attached hydrogens (primary N) is 2. The fourth-order valence-corrected chi connectivity index (χ4v) is 2.04. The summed E-state index contributed by atoms with van der Waals surface area (Å²) in [6.45, 7) is 3.89. The van der Waals surface area contributed by atoms with Gasteiger partial charge in [-0.2, -0.15) is 4.99 Å². The molecule has 0 radical (unpaired) electrons. The Labute approximate surface area is 127 Å². The molecule has 4 N–H and O–H groups in total. The van der Waals surface area contributed by atoms with Crippen molar-refractivity contribution in [2.75, 3.05) is 6.73 Å². The monoisotopic (exact) mass is 315 g/mol. The number of aliphatic imine (C=N–C) groups is 2. The van der Waals surface area contributed by atoms with Crippen LogP contribution in [-0.4, -0.2) is 29.2 Å². The van der Waals surface area contributed by atoms with Crippen LogP contribution in [0.1, 0.15) is 13.8 Å². The van der Waals surface area contributed by atoms with Crippen molar-refractivity contribution in [1.29, 1.82) is 0 Å². The highest BCUT2D eigenvalue weighted by Gasteiger charge is 2.32. The summed E-state index contributed by atoms with van der Waals surface area (Å²) in [7, 11) is 0. The number of benzene rings is 1. The van der Waals surface area contributed by atoms with Gasteiger partial charge in [0.1, 0.15) is 11.4 Å². The summed E-state index contributed by atoms with van der Waals surface area (Å²) in [5.74, 6) is 0.978. The first-order valence-electron chi connectivity index (χ1n) is 5.84. The van der Waals surface area contributed by atoms with Crippen LogP contribution in [0.25, 0.3) is 0 Å². The highest BCUT2D eigenvalue weighted by Crippen LogP contribution is 2.27. The van der Waals surface area contributed by atoms with Crippen molar-refractivity contribution >= 4 is 35.1 Å². The van der Waals surface area contributed by atoms with Crippen LogP contribution in [0.3, 0.4) is 0 Å². The summed E-state index contributed by atoms with van der Waals surface area (Å²) in [5, 5.41) is 0.891. The molecule has 0 saturated carbocycles. The lowest BCUT2D eigenvalue weighted by Crippen LogP contribution is -2.55. The van der Waals surface area contributed by atoms with E-state index in [-0.39, 0.29) is 18.6 Å². The van der Waals surface area contributed by atoms with Crippen molar-refractivity contribution in [3.63, 3.8) is 0 Å². The number of halogens is 2. The molecule has 0 fully saturated rings. The summed E-state index contributed by atoms with van der Waals surface area (Å²) < 4.78 is 5.63. The van der Waals surface area contributed by atoms with Crippen LogP contribution >= 0.6 is 23.2 Å². The Hall–Kier alpha value is -1.66. The quantitative estimate of drug-likeness (QED) is 0.892. The average molecular weight is 316 g/mol. The Kier molecular flexibility index (Phi) is 3.96. The molecule has 0 aromatic heterocycles. The summed E-state index contributed by atoms with van der Waals surface area (Å²) in [6, 6.07) is 5.01. The summed E-state index contributed by atoms with van der Waals surface area (Å²) in [5.41, 5.74) is 10.8. The van der Waals surface area contributed by atoms with Crippen LogP contribution in [-0.2, 0) is 0 Å². The third-order valence-electron chi connectivity index (χ3n) is 2.81. The van der Waals surface area contributed by atoms with Crippen LogP contribution in [0.4, 0.5) is 0 Å². The maximum absolute atomic E-state index is 5.93. The number of rotatable bonds is 3. The summed E-state index contributed by atoms with van der Waals surface area (Å²) in [6.07, 6.45) is 0. The fourth-order valence-electron chi connectivity index (χ4n) is 1.75.